The number of nitrogens with zero attached hydrogens (tertiary/aromatic N) is 1. The van der Waals surface area contributed by atoms with Crippen LogP contribution in [0.2, 0.25) is 0 Å². The molecule has 1 aliphatic rings. The molecular weight excluding hydrogens is 326 g/mol. The summed E-state index contributed by atoms with van der Waals surface area (Å²) < 4.78 is 0. The van der Waals surface area contributed by atoms with Crippen LogP contribution in [-0.2, 0) is 9.59 Å². The number of unbranched alkanes of at least 4 members (excludes halogenated alkanes) is 1. The number of aliphatic hydroxyl groups is 1. The van der Waals surface area contributed by atoms with E-state index in [-0.39, 0.29) is 11.3 Å². The number of Topliss-reactive ketones (excluding diaryl/α,β-unsaturated/α-hetero) is 1. The predicted octanol–water partition coefficient (Wildman–Crippen LogP) is 4.22. The van der Waals surface area contributed by atoms with E-state index in [2.05, 4.69) is 0 Å². The molecule has 1 fully saturated rings. The fourth-order valence-electron chi connectivity index (χ4n) is 3.29. The van der Waals surface area contributed by atoms with Gasteiger partial charge in [0.05, 0.1) is 11.6 Å². The molecule has 1 aliphatic heterocycles. The first-order valence-electron chi connectivity index (χ1n) is 8.95. The van der Waals surface area contributed by atoms with E-state index >= 15 is 0 Å². The van der Waals surface area contributed by atoms with Crippen LogP contribution in [0.5, 0.6) is 0 Å². The fraction of sp³-hybridized carbons (Fsp3) is 0.273. The molecule has 134 valence electrons. The summed E-state index contributed by atoms with van der Waals surface area (Å²) in [5.74, 6) is -1.27. The van der Waals surface area contributed by atoms with E-state index in [4.69, 9.17) is 0 Å². The van der Waals surface area contributed by atoms with E-state index in [0.717, 1.165) is 24.0 Å². The SMILES string of the molecule is CCCCN1C(=O)C(=O)/C(=C(/O)c2ccc(C)cc2)[C@H]1c1ccccc1. The zero-order chi connectivity index (χ0) is 18.7. The molecule has 0 bridgehead atoms. The maximum Gasteiger partial charge on any atom is 0.295 e. The second kappa shape index (κ2) is 7.56. The molecule has 1 atom stereocenters. The summed E-state index contributed by atoms with van der Waals surface area (Å²) in [6, 6.07) is 16.2. The van der Waals surface area contributed by atoms with Gasteiger partial charge in [0, 0.05) is 12.1 Å². The highest BCUT2D eigenvalue weighted by atomic mass is 16.3. The highest BCUT2D eigenvalue weighted by Gasteiger charge is 2.45. The minimum absolute atomic E-state index is 0.115. The van der Waals surface area contributed by atoms with Crippen molar-refractivity contribution in [3.8, 4) is 0 Å². The number of amides is 1. The van der Waals surface area contributed by atoms with Gasteiger partial charge in [0.1, 0.15) is 5.76 Å². The zero-order valence-electron chi connectivity index (χ0n) is 15.1. The highest BCUT2D eigenvalue weighted by Crippen LogP contribution is 2.39. The largest absolute Gasteiger partial charge is 0.507 e. The maximum atomic E-state index is 12.7. The number of benzene rings is 2. The molecule has 0 aromatic heterocycles. The highest BCUT2D eigenvalue weighted by molar-refractivity contribution is 6.46. The lowest BCUT2D eigenvalue weighted by Crippen LogP contribution is -2.30. The molecule has 0 spiro atoms. The molecule has 2 aromatic rings. The Balaban J connectivity index is 2.14. The summed E-state index contributed by atoms with van der Waals surface area (Å²) in [5.41, 5.74) is 2.60. The molecule has 1 heterocycles. The number of aryl methyl sites for hydroxylation is 1. The third kappa shape index (κ3) is 3.27. The number of likely N-dealkylation sites (tertiary alicyclic amines) is 1. The first kappa shape index (κ1) is 17.9. The van der Waals surface area contributed by atoms with E-state index < -0.39 is 17.7 Å². The van der Waals surface area contributed by atoms with E-state index in [1.165, 1.54) is 0 Å². The molecule has 0 aliphatic carbocycles. The summed E-state index contributed by atoms with van der Waals surface area (Å²) in [6.07, 6.45) is 1.73. The van der Waals surface area contributed by atoms with Crippen LogP contribution < -0.4 is 0 Å². The van der Waals surface area contributed by atoms with E-state index in [1.807, 2.05) is 56.3 Å². The Kier molecular flexibility index (Phi) is 5.21. The summed E-state index contributed by atoms with van der Waals surface area (Å²) in [6.45, 7) is 4.49. The van der Waals surface area contributed by atoms with Crippen LogP contribution in [0.25, 0.3) is 5.76 Å². The van der Waals surface area contributed by atoms with Gasteiger partial charge in [-0.1, -0.05) is 73.5 Å². The average molecular weight is 349 g/mol. The normalized spacial score (nSPS) is 19.2. The van der Waals surface area contributed by atoms with Crippen molar-refractivity contribution < 1.29 is 14.7 Å². The molecule has 0 radical (unpaired) electrons. The van der Waals surface area contributed by atoms with Gasteiger partial charge in [-0.2, -0.15) is 0 Å². The molecule has 4 heteroatoms. The molecule has 0 saturated carbocycles. The van der Waals surface area contributed by atoms with Crippen LogP contribution in [0.1, 0.15) is 42.5 Å². The van der Waals surface area contributed by atoms with Crippen molar-refractivity contribution in [3.63, 3.8) is 0 Å². The third-order valence-corrected chi connectivity index (χ3v) is 4.73. The van der Waals surface area contributed by atoms with Crippen LogP contribution in [0.4, 0.5) is 0 Å². The fourth-order valence-corrected chi connectivity index (χ4v) is 3.29. The Bertz CT molecular complexity index is 837. The molecule has 1 N–H and O–H groups in total. The monoisotopic (exact) mass is 349 g/mol. The lowest BCUT2D eigenvalue weighted by atomic mass is 9.95. The Morgan fingerprint density at radius 3 is 2.31 bits per heavy atom. The number of ketones is 1. The van der Waals surface area contributed by atoms with E-state index in [9.17, 15) is 14.7 Å². The molecule has 3 rings (SSSR count). The van der Waals surface area contributed by atoms with Gasteiger partial charge < -0.3 is 10.0 Å². The Morgan fingerprint density at radius 1 is 1.04 bits per heavy atom. The van der Waals surface area contributed by atoms with Crippen LogP contribution in [0.3, 0.4) is 0 Å². The number of carbonyl (C=O) groups is 2. The Morgan fingerprint density at radius 2 is 1.69 bits per heavy atom. The number of aliphatic hydroxyl groups excluding tert-OH is 1. The zero-order valence-corrected chi connectivity index (χ0v) is 15.1. The summed E-state index contributed by atoms with van der Waals surface area (Å²) in [7, 11) is 0. The smallest absolute Gasteiger partial charge is 0.295 e. The second-order valence-electron chi connectivity index (χ2n) is 6.62. The van der Waals surface area contributed by atoms with E-state index in [1.54, 1.807) is 17.0 Å². The van der Waals surface area contributed by atoms with Gasteiger partial charge >= 0.3 is 0 Å². The van der Waals surface area contributed by atoms with Crippen LogP contribution in [-0.4, -0.2) is 28.2 Å². The second-order valence-corrected chi connectivity index (χ2v) is 6.62. The molecule has 4 nitrogen and oxygen atoms in total. The van der Waals surface area contributed by atoms with Gasteiger partial charge in [-0.15, -0.1) is 0 Å². The van der Waals surface area contributed by atoms with E-state index in [0.29, 0.717) is 12.1 Å². The molecule has 0 unspecified atom stereocenters. The van der Waals surface area contributed by atoms with Crippen molar-refractivity contribution in [2.45, 2.75) is 32.7 Å². The molecule has 1 saturated heterocycles. The first-order valence-corrected chi connectivity index (χ1v) is 8.95. The summed E-state index contributed by atoms with van der Waals surface area (Å²) in [4.78, 5) is 26.9. The number of hydrogen-bond donors (Lipinski definition) is 1. The first-order chi connectivity index (χ1) is 12.5. The summed E-state index contributed by atoms with van der Waals surface area (Å²) >= 11 is 0. The van der Waals surface area contributed by atoms with Crippen molar-refractivity contribution in [2.75, 3.05) is 6.54 Å². The molecule has 2 aromatic carbocycles. The lowest BCUT2D eigenvalue weighted by molar-refractivity contribution is -0.139. The summed E-state index contributed by atoms with van der Waals surface area (Å²) in [5, 5.41) is 10.9. The van der Waals surface area contributed by atoms with Crippen molar-refractivity contribution in [1.82, 2.24) is 4.90 Å². The standard InChI is InChI=1S/C22H23NO3/c1-3-4-14-23-19(16-8-6-5-7-9-16)18(21(25)22(23)26)20(24)17-12-10-15(2)11-13-17/h5-13,19,24H,3-4,14H2,1-2H3/b20-18+/t19-/m1/s1. The van der Waals surface area contributed by atoms with Crippen molar-refractivity contribution in [2.24, 2.45) is 0 Å². The van der Waals surface area contributed by atoms with Crippen molar-refractivity contribution >= 4 is 17.4 Å². The minimum atomic E-state index is -0.618. The topological polar surface area (TPSA) is 57.6 Å². The van der Waals surface area contributed by atoms with Crippen molar-refractivity contribution in [3.05, 3.63) is 76.9 Å². The van der Waals surface area contributed by atoms with Crippen LogP contribution in [0, 0.1) is 6.92 Å². The Labute approximate surface area is 153 Å². The minimum Gasteiger partial charge on any atom is -0.507 e. The molecule has 1 amide bonds. The van der Waals surface area contributed by atoms with Gasteiger partial charge in [-0.25, -0.2) is 0 Å². The maximum absolute atomic E-state index is 12.7. The van der Waals surface area contributed by atoms with Crippen molar-refractivity contribution in [1.29, 1.82) is 0 Å². The molecule has 26 heavy (non-hydrogen) atoms. The van der Waals surface area contributed by atoms with Gasteiger partial charge in [0.25, 0.3) is 11.7 Å². The quantitative estimate of drug-likeness (QED) is 0.499. The van der Waals surface area contributed by atoms with Gasteiger partial charge in [0.2, 0.25) is 0 Å². The molecular formula is C22H23NO3. The average Bonchev–Trinajstić information content (AvgIpc) is 2.91. The number of rotatable bonds is 5. The number of carbonyl (C=O) groups excluding carboxylic acids is 2. The third-order valence-electron chi connectivity index (χ3n) is 4.73. The van der Waals surface area contributed by atoms with Crippen LogP contribution in [0.15, 0.2) is 60.2 Å². The predicted molar refractivity (Wildman–Crippen MR) is 102 cm³/mol. The Hall–Kier alpha value is -2.88. The van der Waals surface area contributed by atoms with Gasteiger partial charge in [-0.3, -0.25) is 9.59 Å². The van der Waals surface area contributed by atoms with Crippen LogP contribution >= 0.6 is 0 Å². The lowest BCUT2D eigenvalue weighted by Gasteiger charge is -2.25. The van der Waals surface area contributed by atoms with Gasteiger partial charge in [-0.05, 0) is 18.9 Å². The van der Waals surface area contributed by atoms with Gasteiger partial charge in [0.15, 0.2) is 0 Å². The number of hydrogen-bond acceptors (Lipinski definition) is 3.